The number of rotatable bonds is 4. The summed E-state index contributed by atoms with van der Waals surface area (Å²) < 4.78 is 7.60. The minimum absolute atomic E-state index is 0.522. The molecule has 0 N–H and O–H groups in total. The molecule has 5 heteroatoms. The van der Waals surface area contributed by atoms with Crippen molar-refractivity contribution in [2.45, 2.75) is 18.9 Å². The molecule has 1 aliphatic heterocycles. The van der Waals surface area contributed by atoms with Gasteiger partial charge in [-0.25, -0.2) is 4.31 Å². The predicted octanol–water partition coefficient (Wildman–Crippen LogP) is 3.54. The summed E-state index contributed by atoms with van der Waals surface area (Å²) in [7, 11) is 1.70. The maximum Gasteiger partial charge on any atom is 0.247 e. The van der Waals surface area contributed by atoms with Gasteiger partial charge in [-0.2, -0.15) is 0 Å². The molecule has 1 aliphatic rings. The molecular formula is C11H15NOPS2+. The average Bonchev–Trinajstić information content (AvgIpc) is 2.78. The van der Waals surface area contributed by atoms with Crippen LogP contribution in [0.5, 0.6) is 5.75 Å². The van der Waals surface area contributed by atoms with Gasteiger partial charge in [0.1, 0.15) is 5.75 Å². The molecule has 2 rings (SSSR count). The Hall–Kier alpha value is -0.150. The molecule has 1 aromatic rings. The van der Waals surface area contributed by atoms with Crippen molar-refractivity contribution in [2.75, 3.05) is 13.7 Å². The van der Waals surface area contributed by atoms with Gasteiger partial charge < -0.3 is 4.74 Å². The lowest BCUT2D eigenvalue weighted by Gasteiger charge is -2.18. The molecule has 2 atom stereocenters. The lowest BCUT2D eigenvalue weighted by Crippen LogP contribution is -2.13. The zero-order valence-corrected chi connectivity index (χ0v) is 11.8. The molecule has 1 aromatic carbocycles. The lowest BCUT2D eigenvalue weighted by molar-refractivity contribution is 0.413. The maximum atomic E-state index is 5.17. The van der Waals surface area contributed by atoms with Crippen LogP contribution in [-0.2, 0) is 11.8 Å². The van der Waals surface area contributed by atoms with Crippen molar-refractivity contribution < 1.29 is 4.74 Å². The highest BCUT2D eigenvalue weighted by Gasteiger charge is 2.28. The Morgan fingerprint density at radius 3 is 2.81 bits per heavy atom. The van der Waals surface area contributed by atoms with Gasteiger partial charge in [0.15, 0.2) is 23.4 Å². The molecular weight excluding hydrogens is 257 g/mol. The molecule has 0 aliphatic carbocycles. The first-order valence-corrected chi connectivity index (χ1v) is 8.93. The largest absolute Gasteiger partial charge is 0.497 e. The van der Waals surface area contributed by atoms with Crippen LogP contribution >= 0.6 is 18.1 Å². The van der Waals surface area contributed by atoms with E-state index in [1.165, 1.54) is 18.4 Å². The van der Waals surface area contributed by atoms with E-state index in [1.807, 2.05) is 12.1 Å². The van der Waals surface area contributed by atoms with Gasteiger partial charge in [0.05, 0.1) is 7.11 Å². The minimum atomic E-state index is 0.522. The van der Waals surface area contributed by atoms with Crippen molar-refractivity contribution >= 4 is 29.9 Å². The number of methoxy groups -OCH3 is 1. The maximum absolute atomic E-state index is 5.17. The van der Waals surface area contributed by atoms with Gasteiger partial charge in [-0.05, 0) is 30.5 Å². The highest BCUT2D eigenvalue weighted by atomic mass is 32.9. The molecule has 2 unspecified atom stereocenters. The zero-order chi connectivity index (χ0) is 11.4. The zero-order valence-electron chi connectivity index (χ0n) is 9.18. The third kappa shape index (κ3) is 2.75. The molecule has 1 heterocycles. The van der Waals surface area contributed by atoms with E-state index in [2.05, 4.69) is 16.4 Å². The number of nitrogens with zero attached hydrogens (tertiary/aromatic N) is 1. The van der Waals surface area contributed by atoms with Gasteiger partial charge in [0.25, 0.3) is 0 Å². The van der Waals surface area contributed by atoms with Crippen LogP contribution in [0.3, 0.4) is 0 Å². The van der Waals surface area contributed by atoms with Crippen molar-refractivity contribution in [3.8, 4) is 5.75 Å². The van der Waals surface area contributed by atoms with E-state index < -0.39 is 0 Å². The van der Waals surface area contributed by atoms with Gasteiger partial charge in [-0.1, -0.05) is 12.1 Å². The molecule has 0 bridgehead atoms. The number of hydrogen-bond acceptors (Lipinski definition) is 4. The molecule has 1 saturated heterocycles. The Morgan fingerprint density at radius 2 is 2.19 bits per heavy atom. The molecule has 16 heavy (non-hydrogen) atoms. The van der Waals surface area contributed by atoms with Crippen LogP contribution in [0.2, 0.25) is 0 Å². The second-order valence-corrected chi connectivity index (χ2v) is 7.11. The quantitative estimate of drug-likeness (QED) is 0.613. The smallest absolute Gasteiger partial charge is 0.247 e. The Balaban J connectivity index is 2.12. The Morgan fingerprint density at radius 1 is 1.44 bits per heavy atom. The second kappa shape index (κ2) is 5.97. The van der Waals surface area contributed by atoms with Crippen LogP contribution in [0.1, 0.15) is 24.4 Å². The average molecular weight is 272 g/mol. The number of ether oxygens (including phenoxy) is 1. The minimum Gasteiger partial charge on any atom is -0.497 e. The molecule has 2 nitrogen and oxygen atoms in total. The SMILES string of the molecule is COc1ccc(C2CCCN2S[PH+]=S)cc1. The number of benzene rings is 1. The van der Waals surface area contributed by atoms with Crippen molar-refractivity contribution in [3.63, 3.8) is 0 Å². The van der Waals surface area contributed by atoms with Gasteiger partial charge in [-0.3, -0.25) is 0 Å². The third-order valence-corrected chi connectivity index (χ3v) is 5.20. The summed E-state index contributed by atoms with van der Waals surface area (Å²) >= 11 is 6.86. The summed E-state index contributed by atoms with van der Waals surface area (Å²) in [5.74, 6) is 0.922. The first kappa shape index (κ1) is 12.3. The summed E-state index contributed by atoms with van der Waals surface area (Å²) in [6.45, 7) is 1.68. The fourth-order valence-corrected chi connectivity index (χ4v) is 4.53. The van der Waals surface area contributed by atoms with Gasteiger partial charge in [0, 0.05) is 12.6 Å². The Labute approximate surface area is 107 Å². The van der Waals surface area contributed by atoms with Crippen molar-refractivity contribution in [1.29, 1.82) is 0 Å². The molecule has 1 fully saturated rings. The van der Waals surface area contributed by atoms with E-state index in [9.17, 15) is 0 Å². The highest BCUT2D eigenvalue weighted by molar-refractivity contribution is 8.56. The van der Waals surface area contributed by atoms with Gasteiger partial charge in [0.2, 0.25) is 6.56 Å². The first-order chi connectivity index (χ1) is 7.85. The molecule has 0 saturated carbocycles. The van der Waals surface area contributed by atoms with Gasteiger partial charge in [-0.15, -0.1) is 0 Å². The third-order valence-electron chi connectivity index (χ3n) is 2.86. The van der Waals surface area contributed by atoms with Crippen molar-refractivity contribution in [1.82, 2.24) is 4.31 Å². The van der Waals surface area contributed by atoms with Crippen LogP contribution in [0, 0.1) is 0 Å². The molecule has 86 valence electrons. The monoisotopic (exact) mass is 272 g/mol. The van der Waals surface area contributed by atoms with Gasteiger partial charge >= 0.3 is 0 Å². The van der Waals surface area contributed by atoms with E-state index in [0.717, 1.165) is 12.3 Å². The summed E-state index contributed by atoms with van der Waals surface area (Å²) in [5.41, 5.74) is 1.37. The van der Waals surface area contributed by atoms with Crippen molar-refractivity contribution in [3.05, 3.63) is 29.8 Å². The predicted molar refractivity (Wildman–Crippen MR) is 74.9 cm³/mol. The van der Waals surface area contributed by atoms with Crippen LogP contribution in [0.25, 0.3) is 0 Å². The molecule has 0 aromatic heterocycles. The summed E-state index contributed by atoms with van der Waals surface area (Å²) in [6.07, 6.45) is 2.50. The molecule has 0 spiro atoms. The number of hydrogen-bond donors (Lipinski definition) is 0. The fourth-order valence-electron chi connectivity index (χ4n) is 2.06. The summed E-state index contributed by atoms with van der Waals surface area (Å²) in [6, 6.07) is 8.93. The Kier molecular flexibility index (Phi) is 4.59. The van der Waals surface area contributed by atoms with E-state index in [-0.39, 0.29) is 0 Å². The first-order valence-electron chi connectivity index (χ1n) is 5.30. The lowest BCUT2D eigenvalue weighted by atomic mass is 10.1. The molecule has 0 radical (unpaired) electrons. The van der Waals surface area contributed by atoms with E-state index in [0.29, 0.717) is 12.6 Å². The van der Waals surface area contributed by atoms with E-state index >= 15 is 0 Å². The van der Waals surface area contributed by atoms with E-state index in [4.69, 9.17) is 16.5 Å². The molecule has 0 amide bonds. The summed E-state index contributed by atoms with van der Waals surface area (Å²) in [4.78, 5) is 0. The van der Waals surface area contributed by atoms with Crippen LogP contribution in [0.15, 0.2) is 24.3 Å². The van der Waals surface area contributed by atoms with Crippen LogP contribution < -0.4 is 4.74 Å². The van der Waals surface area contributed by atoms with E-state index in [1.54, 1.807) is 18.7 Å². The fraction of sp³-hybridized carbons (Fsp3) is 0.455. The standard InChI is InChI=1S/C11H14NOPS2/c1-13-10-6-4-9(5-7-10)11-3-2-8-12(11)16-14-15/h4-7,11H,2-3,8H2,1H3/p+1. The highest BCUT2D eigenvalue weighted by Crippen LogP contribution is 2.41. The second-order valence-electron chi connectivity index (χ2n) is 3.75. The van der Waals surface area contributed by atoms with Crippen molar-refractivity contribution in [2.24, 2.45) is 0 Å². The summed E-state index contributed by atoms with van der Waals surface area (Å²) in [5, 5.41) is 0. The van der Waals surface area contributed by atoms with Crippen LogP contribution in [0.4, 0.5) is 0 Å². The van der Waals surface area contributed by atoms with Crippen LogP contribution in [-0.4, -0.2) is 18.0 Å². The topological polar surface area (TPSA) is 12.5 Å². The Bertz CT molecular complexity index is 358. The normalized spacial score (nSPS) is 21.4.